The molecule has 0 saturated heterocycles. The Morgan fingerprint density at radius 2 is 0.690 bits per heavy atom. The molecular formula is C54H60Cl3N27O3. The Kier molecular flexibility index (Phi) is 21.1. The van der Waals surface area contributed by atoms with Gasteiger partial charge in [-0.25, -0.2) is 15.0 Å². The van der Waals surface area contributed by atoms with E-state index in [0.29, 0.717) is 124 Å². The van der Waals surface area contributed by atoms with Crippen LogP contribution in [0, 0.1) is 34.0 Å². The van der Waals surface area contributed by atoms with Crippen molar-refractivity contribution in [1.29, 1.82) is 15.8 Å². The van der Waals surface area contributed by atoms with E-state index in [0.717, 1.165) is 0 Å². The molecule has 0 bridgehead atoms. The molecule has 0 aliphatic carbocycles. The summed E-state index contributed by atoms with van der Waals surface area (Å²) in [5, 5.41) is 39.3. The van der Waals surface area contributed by atoms with E-state index in [1.807, 2.05) is 18.2 Å². The van der Waals surface area contributed by atoms with E-state index >= 15 is 0 Å². The lowest BCUT2D eigenvalue weighted by atomic mass is 10.2. The first kappa shape index (κ1) is 64.3. The molecule has 9 rings (SSSR count). The highest BCUT2D eigenvalue weighted by molar-refractivity contribution is 6.36. The van der Waals surface area contributed by atoms with Crippen LogP contribution in [0.5, 0.6) is 0 Å². The molecule has 0 aliphatic heterocycles. The quantitative estimate of drug-likeness (QED) is 0.0573. The zero-order chi connectivity index (χ0) is 63.4. The molecule has 30 nitrogen and oxygen atoms in total. The van der Waals surface area contributed by atoms with Crippen molar-refractivity contribution in [2.75, 3.05) is 70.0 Å². The number of nitrogens with zero attached hydrogens (tertiary/aromatic N) is 15. The summed E-state index contributed by atoms with van der Waals surface area (Å²) >= 11 is 18.7. The summed E-state index contributed by atoms with van der Waals surface area (Å²) in [5.41, 5.74) is 52.0. The van der Waals surface area contributed by atoms with Gasteiger partial charge in [0, 0.05) is 19.6 Å². The van der Waals surface area contributed by atoms with Gasteiger partial charge in [0.15, 0.2) is 17.5 Å². The number of hydrogen-bond acceptors (Lipinski definition) is 27. The lowest BCUT2D eigenvalue weighted by Crippen LogP contribution is -2.29. The molecule has 33 heteroatoms. The number of nitriles is 3. The van der Waals surface area contributed by atoms with E-state index in [4.69, 9.17) is 86.4 Å². The maximum absolute atomic E-state index is 13.1. The number of aromatic nitrogens is 12. The number of nitrogens with two attached hydrogens (primary N) is 9. The molecule has 0 spiro atoms. The summed E-state index contributed by atoms with van der Waals surface area (Å²) in [6.07, 6.45) is 1.73. The standard InChI is InChI=1S/3C18H20ClN9O/c3*1-9(24-15-10(8-21)14(22)26-18(23)27-15)16-25-12-5-2-4-11(19)13(12)17(29)28(16)7-3-6-20/h3*2,4-5,9H,3,6-7,20H2,1H3,(H5,22,23,24,26,27)/t2*9-;/m10./s1. The molecule has 6 heterocycles. The monoisotopic (exact) mass is 1240 g/mol. The Hall–Kier alpha value is -10.3. The molecule has 0 radical (unpaired) electrons. The highest BCUT2D eigenvalue weighted by Gasteiger charge is 2.25. The lowest BCUT2D eigenvalue weighted by molar-refractivity contribution is 0.570. The van der Waals surface area contributed by atoms with Gasteiger partial charge < -0.3 is 67.6 Å². The predicted octanol–water partition coefficient (Wildman–Crippen LogP) is 4.19. The third-order valence-electron chi connectivity index (χ3n) is 13.1. The number of hydrogen-bond donors (Lipinski definition) is 12. The Labute approximate surface area is 510 Å². The maximum Gasteiger partial charge on any atom is 0.262 e. The molecule has 0 amide bonds. The predicted molar refractivity (Wildman–Crippen MR) is 337 cm³/mol. The van der Waals surface area contributed by atoms with E-state index in [1.54, 1.807) is 75.4 Å². The second-order valence-electron chi connectivity index (χ2n) is 19.1. The van der Waals surface area contributed by atoms with Gasteiger partial charge >= 0.3 is 0 Å². The first-order valence-corrected chi connectivity index (χ1v) is 27.7. The summed E-state index contributed by atoms with van der Waals surface area (Å²) in [6.45, 7) is 7.67. The molecule has 87 heavy (non-hydrogen) atoms. The highest BCUT2D eigenvalue weighted by atomic mass is 35.5. The number of anilines is 9. The molecule has 3 atom stereocenters. The average molecular weight is 1240 g/mol. The first-order valence-electron chi connectivity index (χ1n) is 26.6. The fourth-order valence-corrected chi connectivity index (χ4v) is 9.80. The SMILES string of the molecule is CC(Nc1nc(N)nc(N)c1C#N)c1nc2cccc(Cl)c2c(=O)n1CCCN.C[C@@H](Nc1nc(N)nc(N)c1C#N)c1nc2cccc(Cl)c2c(=O)n1CCCN.C[C@H](Nc1nc(N)nc(N)c1C#N)c1nc2cccc(Cl)c2c(=O)n1CCCN. The molecule has 3 aromatic carbocycles. The van der Waals surface area contributed by atoms with Gasteiger partial charge in [-0.2, -0.15) is 45.7 Å². The van der Waals surface area contributed by atoms with Crippen LogP contribution in [-0.4, -0.2) is 78.2 Å². The van der Waals surface area contributed by atoms with Crippen molar-refractivity contribution in [3.05, 3.63) is 135 Å². The summed E-state index contributed by atoms with van der Waals surface area (Å²) in [4.78, 5) is 76.8. The highest BCUT2D eigenvalue weighted by Crippen LogP contribution is 2.29. The molecule has 6 aromatic heterocycles. The van der Waals surface area contributed by atoms with Crippen LogP contribution >= 0.6 is 34.8 Å². The molecule has 1 unspecified atom stereocenters. The summed E-state index contributed by atoms with van der Waals surface area (Å²) < 4.78 is 4.58. The van der Waals surface area contributed by atoms with Crippen LogP contribution in [0.4, 0.5) is 52.8 Å². The van der Waals surface area contributed by atoms with Crippen LogP contribution in [-0.2, 0) is 19.6 Å². The molecule has 0 fully saturated rings. The smallest absolute Gasteiger partial charge is 0.262 e. The minimum atomic E-state index is -0.510. The van der Waals surface area contributed by atoms with Gasteiger partial charge in [0.25, 0.3) is 16.7 Å². The second-order valence-corrected chi connectivity index (χ2v) is 20.3. The Bertz CT molecular complexity index is 3950. The van der Waals surface area contributed by atoms with Gasteiger partial charge in [-0.05, 0) is 96.1 Å². The number of halogens is 3. The van der Waals surface area contributed by atoms with Crippen molar-refractivity contribution in [2.24, 2.45) is 17.2 Å². The van der Waals surface area contributed by atoms with E-state index in [1.165, 1.54) is 13.7 Å². The molecule has 9 aromatic rings. The lowest BCUT2D eigenvalue weighted by Gasteiger charge is -2.20. The Morgan fingerprint density at radius 3 is 0.920 bits per heavy atom. The number of nitrogens with one attached hydrogen (secondary N) is 3. The van der Waals surface area contributed by atoms with Crippen molar-refractivity contribution < 1.29 is 0 Å². The normalized spacial score (nSPS) is 11.9. The average Bonchev–Trinajstić information content (AvgIpc) is 1.05. The summed E-state index contributed by atoms with van der Waals surface area (Å²) in [6, 6.07) is 19.6. The van der Waals surface area contributed by atoms with E-state index in [2.05, 4.69) is 60.8 Å². The van der Waals surface area contributed by atoms with Crippen LogP contribution in [0.3, 0.4) is 0 Å². The summed E-state index contributed by atoms with van der Waals surface area (Å²) in [5.74, 6) is 1.49. The van der Waals surface area contributed by atoms with Crippen molar-refractivity contribution in [3.63, 3.8) is 0 Å². The van der Waals surface area contributed by atoms with E-state index in [9.17, 15) is 30.2 Å². The minimum absolute atomic E-state index is 0.0338. The van der Waals surface area contributed by atoms with Crippen LogP contribution in [0.2, 0.25) is 15.1 Å². The van der Waals surface area contributed by atoms with Gasteiger partial charge in [0.2, 0.25) is 17.8 Å². The van der Waals surface area contributed by atoms with Crippen molar-refractivity contribution in [3.8, 4) is 18.2 Å². The van der Waals surface area contributed by atoms with Crippen molar-refractivity contribution >= 4 is 120 Å². The van der Waals surface area contributed by atoms with Crippen molar-refractivity contribution in [2.45, 2.75) is 77.8 Å². The molecule has 0 aliphatic rings. The maximum atomic E-state index is 13.1. The minimum Gasteiger partial charge on any atom is -0.382 e. The van der Waals surface area contributed by atoms with Gasteiger partial charge in [-0.15, -0.1) is 0 Å². The van der Waals surface area contributed by atoms with E-state index < -0.39 is 18.1 Å². The van der Waals surface area contributed by atoms with Gasteiger partial charge in [-0.1, -0.05) is 53.0 Å². The van der Waals surface area contributed by atoms with Gasteiger partial charge in [0.05, 0.1) is 65.9 Å². The van der Waals surface area contributed by atoms with Crippen molar-refractivity contribution in [1.82, 2.24) is 58.6 Å². The van der Waals surface area contributed by atoms with Crippen LogP contribution < -0.4 is 84.2 Å². The topological polar surface area (TPSA) is 524 Å². The molecule has 450 valence electrons. The fourth-order valence-electron chi connectivity index (χ4n) is 9.05. The largest absolute Gasteiger partial charge is 0.382 e. The molecular weight excluding hydrogens is 1180 g/mol. The number of fused-ring (bicyclic) bond motifs is 3. The number of benzene rings is 3. The number of rotatable bonds is 18. The third kappa shape index (κ3) is 14.3. The van der Waals surface area contributed by atoms with Crippen LogP contribution in [0.15, 0.2) is 69.0 Å². The Morgan fingerprint density at radius 1 is 0.437 bits per heavy atom. The van der Waals surface area contributed by atoms with Gasteiger partial charge in [-0.3, -0.25) is 28.1 Å². The fraction of sp³-hybridized carbons (Fsp3) is 0.278. The second kappa shape index (κ2) is 28.5. The van der Waals surface area contributed by atoms with E-state index in [-0.39, 0.29) is 86.1 Å². The molecule has 21 N–H and O–H groups in total. The summed E-state index contributed by atoms with van der Waals surface area (Å²) in [7, 11) is 0. The molecule has 0 saturated carbocycles. The van der Waals surface area contributed by atoms with Crippen LogP contribution in [0.1, 0.15) is 92.3 Å². The Balaban J connectivity index is 0.000000186. The third-order valence-corrected chi connectivity index (χ3v) is 14.0. The zero-order valence-corrected chi connectivity index (χ0v) is 49.3. The van der Waals surface area contributed by atoms with Crippen LogP contribution in [0.25, 0.3) is 32.7 Å². The zero-order valence-electron chi connectivity index (χ0n) is 47.1. The first-order chi connectivity index (χ1) is 41.6. The number of nitrogen functional groups attached to an aromatic ring is 6. The van der Waals surface area contributed by atoms with Gasteiger partial charge in [0.1, 0.15) is 69.8 Å².